The first-order valence-corrected chi connectivity index (χ1v) is 5.39. The largest absolute Gasteiger partial charge is 0.0952 e. The van der Waals surface area contributed by atoms with Crippen LogP contribution in [0.2, 0.25) is 10.0 Å². The Balaban J connectivity index is 2.86. The SMILES string of the molecule is C=C(CC(C)C)c1ccc(Cl)c(Cl)c1. The van der Waals surface area contributed by atoms with E-state index in [0.29, 0.717) is 16.0 Å². The summed E-state index contributed by atoms with van der Waals surface area (Å²) in [5.41, 5.74) is 2.19. The molecule has 0 nitrogen and oxygen atoms in total. The predicted octanol–water partition coefficient (Wildman–Crippen LogP) is 5.05. The van der Waals surface area contributed by atoms with E-state index < -0.39 is 0 Å². The molecule has 0 aliphatic rings. The zero-order valence-electron chi connectivity index (χ0n) is 8.48. The van der Waals surface area contributed by atoms with Crippen molar-refractivity contribution in [1.82, 2.24) is 0 Å². The molecule has 0 aliphatic carbocycles. The van der Waals surface area contributed by atoms with E-state index in [1.54, 1.807) is 0 Å². The van der Waals surface area contributed by atoms with Crippen LogP contribution in [0, 0.1) is 5.92 Å². The topological polar surface area (TPSA) is 0 Å². The van der Waals surface area contributed by atoms with Crippen LogP contribution in [0.15, 0.2) is 24.8 Å². The molecule has 1 aromatic carbocycles. The molecule has 0 radical (unpaired) electrons. The average molecular weight is 229 g/mol. The van der Waals surface area contributed by atoms with Crippen LogP contribution in [0.1, 0.15) is 25.8 Å². The van der Waals surface area contributed by atoms with Gasteiger partial charge in [0.1, 0.15) is 0 Å². The lowest BCUT2D eigenvalue weighted by Gasteiger charge is -2.09. The first-order chi connectivity index (χ1) is 6.50. The summed E-state index contributed by atoms with van der Waals surface area (Å²) in [5, 5.41) is 1.18. The summed E-state index contributed by atoms with van der Waals surface area (Å²) in [7, 11) is 0. The van der Waals surface area contributed by atoms with E-state index in [1.165, 1.54) is 0 Å². The van der Waals surface area contributed by atoms with Crippen LogP contribution in [0.5, 0.6) is 0 Å². The minimum absolute atomic E-state index is 0.591. The molecule has 0 aliphatic heterocycles. The second kappa shape index (κ2) is 4.86. The molecular weight excluding hydrogens is 215 g/mol. The van der Waals surface area contributed by atoms with Gasteiger partial charge in [-0.05, 0) is 35.6 Å². The minimum atomic E-state index is 0.591. The van der Waals surface area contributed by atoms with E-state index in [1.807, 2.05) is 18.2 Å². The van der Waals surface area contributed by atoms with Crippen LogP contribution in [-0.4, -0.2) is 0 Å². The monoisotopic (exact) mass is 228 g/mol. The van der Waals surface area contributed by atoms with Crippen molar-refractivity contribution in [2.24, 2.45) is 5.92 Å². The van der Waals surface area contributed by atoms with Gasteiger partial charge in [-0.2, -0.15) is 0 Å². The van der Waals surface area contributed by atoms with E-state index in [4.69, 9.17) is 23.2 Å². The Labute approximate surface area is 95.5 Å². The molecule has 0 unspecified atom stereocenters. The molecule has 2 heteroatoms. The van der Waals surface area contributed by atoms with Gasteiger partial charge in [0.25, 0.3) is 0 Å². The van der Waals surface area contributed by atoms with Gasteiger partial charge in [0.05, 0.1) is 10.0 Å². The van der Waals surface area contributed by atoms with Gasteiger partial charge >= 0.3 is 0 Å². The highest BCUT2D eigenvalue weighted by Crippen LogP contribution is 2.27. The highest BCUT2D eigenvalue weighted by atomic mass is 35.5. The first-order valence-electron chi connectivity index (χ1n) is 4.64. The number of halogens is 2. The molecule has 0 saturated heterocycles. The third kappa shape index (κ3) is 3.04. The smallest absolute Gasteiger partial charge is 0.0598 e. The van der Waals surface area contributed by atoms with Crippen molar-refractivity contribution in [3.63, 3.8) is 0 Å². The lowest BCUT2D eigenvalue weighted by atomic mass is 9.98. The molecular formula is C12H14Cl2. The standard InChI is InChI=1S/C12H14Cl2/c1-8(2)6-9(3)10-4-5-11(13)12(14)7-10/h4-5,7-8H,3,6H2,1-2H3. The normalized spacial score (nSPS) is 10.6. The predicted molar refractivity (Wildman–Crippen MR) is 65.0 cm³/mol. The summed E-state index contributed by atoms with van der Waals surface area (Å²) in [6, 6.07) is 5.64. The van der Waals surface area contributed by atoms with Gasteiger partial charge in [0.15, 0.2) is 0 Å². The molecule has 0 aromatic heterocycles. The van der Waals surface area contributed by atoms with E-state index in [2.05, 4.69) is 20.4 Å². The van der Waals surface area contributed by atoms with Gasteiger partial charge in [-0.3, -0.25) is 0 Å². The Morgan fingerprint density at radius 1 is 1.29 bits per heavy atom. The second-order valence-electron chi connectivity index (χ2n) is 3.83. The van der Waals surface area contributed by atoms with Crippen LogP contribution < -0.4 is 0 Å². The maximum atomic E-state index is 5.92. The Morgan fingerprint density at radius 2 is 1.93 bits per heavy atom. The van der Waals surface area contributed by atoms with Gasteiger partial charge in [-0.1, -0.05) is 49.7 Å². The molecule has 0 spiro atoms. The highest BCUT2D eigenvalue weighted by Gasteiger charge is 2.04. The summed E-state index contributed by atoms with van der Waals surface area (Å²) >= 11 is 11.8. The first kappa shape index (κ1) is 11.6. The molecule has 0 fully saturated rings. The third-order valence-corrected chi connectivity index (χ3v) is 2.72. The van der Waals surface area contributed by atoms with Gasteiger partial charge < -0.3 is 0 Å². The maximum absolute atomic E-state index is 5.92. The molecule has 1 aromatic rings. The third-order valence-electron chi connectivity index (χ3n) is 1.98. The molecule has 14 heavy (non-hydrogen) atoms. The molecule has 0 saturated carbocycles. The van der Waals surface area contributed by atoms with E-state index in [9.17, 15) is 0 Å². The Morgan fingerprint density at radius 3 is 2.43 bits per heavy atom. The quantitative estimate of drug-likeness (QED) is 0.680. The van der Waals surface area contributed by atoms with Crippen LogP contribution in [-0.2, 0) is 0 Å². The number of allylic oxidation sites excluding steroid dienone is 1. The number of rotatable bonds is 3. The molecule has 0 bridgehead atoms. The fraction of sp³-hybridized carbons (Fsp3) is 0.333. The highest BCUT2D eigenvalue weighted by molar-refractivity contribution is 6.42. The molecule has 0 amide bonds. The summed E-state index contributed by atoms with van der Waals surface area (Å²) in [6.45, 7) is 8.37. The van der Waals surface area contributed by atoms with Crippen LogP contribution >= 0.6 is 23.2 Å². The number of hydrogen-bond acceptors (Lipinski definition) is 0. The number of benzene rings is 1. The van der Waals surface area contributed by atoms with Gasteiger partial charge in [0.2, 0.25) is 0 Å². The second-order valence-corrected chi connectivity index (χ2v) is 4.64. The fourth-order valence-electron chi connectivity index (χ4n) is 1.33. The Hall–Kier alpha value is -0.460. The van der Waals surface area contributed by atoms with E-state index in [0.717, 1.165) is 17.6 Å². The molecule has 76 valence electrons. The van der Waals surface area contributed by atoms with Gasteiger partial charge in [0, 0.05) is 0 Å². The van der Waals surface area contributed by atoms with Crippen LogP contribution in [0.3, 0.4) is 0 Å². The molecule has 1 rings (SSSR count). The van der Waals surface area contributed by atoms with Crippen molar-refractivity contribution < 1.29 is 0 Å². The minimum Gasteiger partial charge on any atom is -0.0952 e. The van der Waals surface area contributed by atoms with Crippen LogP contribution in [0.25, 0.3) is 5.57 Å². The lowest BCUT2D eigenvalue weighted by molar-refractivity contribution is 0.674. The van der Waals surface area contributed by atoms with Crippen molar-refractivity contribution >= 4 is 28.8 Å². The summed E-state index contributed by atoms with van der Waals surface area (Å²) in [5.74, 6) is 0.608. The average Bonchev–Trinajstić information content (AvgIpc) is 2.08. The molecule has 0 atom stereocenters. The van der Waals surface area contributed by atoms with Crippen molar-refractivity contribution in [1.29, 1.82) is 0 Å². The van der Waals surface area contributed by atoms with Crippen LogP contribution in [0.4, 0.5) is 0 Å². The molecule has 0 heterocycles. The summed E-state index contributed by atoms with van der Waals surface area (Å²) in [6.07, 6.45) is 0.984. The number of hydrogen-bond donors (Lipinski definition) is 0. The lowest BCUT2D eigenvalue weighted by Crippen LogP contribution is -1.90. The summed E-state index contributed by atoms with van der Waals surface area (Å²) < 4.78 is 0. The Bertz CT molecular complexity index is 340. The van der Waals surface area contributed by atoms with Crippen molar-refractivity contribution in [3.8, 4) is 0 Å². The zero-order valence-corrected chi connectivity index (χ0v) is 9.99. The van der Waals surface area contributed by atoms with E-state index >= 15 is 0 Å². The zero-order chi connectivity index (χ0) is 10.7. The van der Waals surface area contributed by atoms with Gasteiger partial charge in [-0.25, -0.2) is 0 Å². The van der Waals surface area contributed by atoms with Gasteiger partial charge in [-0.15, -0.1) is 0 Å². The summed E-state index contributed by atoms with van der Waals surface area (Å²) in [4.78, 5) is 0. The van der Waals surface area contributed by atoms with E-state index in [-0.39, 0.29) is 0 Å². The molecule has 0 N–H and O–H groups in total. The van der Waals surface area contributed by atoms with Crippen molar-refractivity contribution in [2.75, 3.05) is 0 Å². The van der Waals surface area contributed by atoms with Crippen molar-refractivity contribution in [2.45, 2.75) is 20.3 Å². The Kier molecular flexibility index (Phi) is 4.03. The van der Waals surface area contributed by atoms with Crippen molar-refractivity contribution in [3.05, 3.63) is 40.4 Å². The maximum Gasteiger partial charge on any atom is 0.0598 e. The fourth-order valence-corrected chi connectivity index (χ4v) is 1.62.